The Bertz CT molecular complexity index is 429. The molecule has 0 aromatic carbocycles. The molecule has 1 aromatic heterocycles. The van der Waals surface area contributed by atoms with Gasteiger partial charge in [-0.3, -0.25) is 4.68 Å². The minimum absolute atomic E-state index is 0.0724. The fourth-order valence-corrected chi connectivity index (χ4v) is 3.06. The molecule has 0 aliphatic rings. The minimum atomic E-state index is 0.0724. The highest BCUT2D eigenvalue weighted by atomic mass is 15.4. The van der Waals surface area contributed by atoms with Crippen LogP contribution in [-0.4, -0.2) is 15.0 Å². The number of nitrogens with zero attached hydrogens (tertiary/aromatic N) is 3. The van der Waals surface area contributed by atoms with Gasteiger partial charge in [0.2, 0.25) is 0 Å². The van der Waals surface area contributed by atoms with Crippen molar-refractivity contribution in [2.45, 2.75) is 86.6 Å². The second-order valence-electron chi connectivity index (χ2n) is 8.41. The first-order valence-electron chi connectivity index (χ1n) is 8.49. The second kappa shape index (κ2) is 6.93. The van der Waals surface area contributed by atoms with Gasteiger partial charge in [-0.15, -0.1) is 5.10 Å². The third-order valence-corrected chi connectivity index (χ3v) is 5.01. The first kappa shape index (κ1) is 18.2. The first-order valence-corrected chi connectivity index (χ1v) is 8.49. The molecule has 1 atom stereocenters. The van der Waals surface area contributed by atoms with E-state index in [1.54, 1.807) is 0 Å². The second-order valence-corrected chi connectivity index (χ2v) is 8.41. The van der Waals surface area contributed by atoms with Gasteiger partial charge in [0.05, 0.1) is 5.69 Å². The van der Waals surface area contributed by atoms with Crippen molar-refractivity contribution in [3.8, 4) is 0 Å². The van der Waals surface area contributed by atoms with E-state index in [1.807, 2.05) is 4.68 Å². The third kappa shape index (κ3) is 5.12. The molecule has 0 bridgehead atoms. The van der Waals surface area contributed by atoms with Gasteiger partial charge in [-0.05, 0) is 30.1 Å². The van der Waals surface area contributed by atoms with Gasteiger partial charge < -0.3 is 0 Å². The van der Waals surface area contributed by atoms with Crippen LogP contribution < -0.4 is 0 Å². The number of aromatic nitrogens is 3. The SMILES string of the molecule is CCC(C)C(C)(C)CC(C)(C)c1cn(CCC(C)C)nn1. The zero-order valence-corrected chi connectivity index (χ0v) is 15.4. The van der Waals surface area contributed by atoms with Crippen LogP contribution in [0.3, 0.4) is 0 Å². The van der Waals surface area contributed by atoms with Crippen LogP contribution in [0.2, 0.25) is 0 Å². The zero-order chi connectivity index (χ0) is 16.3. The average molecular weight is 293 g/mol. The molecule has 0 amide bonds. The van der Waals surface area contributed by atoms with Crippen molar-refractivity contribution in [1.29, 1.82) is 0 Å². The molecule has 0 saturated heterocycles. The van der Waals surface area contributed by atoms with Crippen molar-refractivity contribution >= 4 is 0 Å². The summed E-state index contributed by atoms with van der Waals surface area (Å²) >= 11 is 0. The maximum Gasteiger partial charge on any atom is 0.0883 e. The predicted molar refractivity (Wildman–Crippen MR) is 90.4 cm³/mol. The summed E-state index contributed by atoms with van der Waals surface area (Å²) in [4.78, 5) is 0. The number of hydrogen-bond acceptors (Lipinski definition) is 2. The Balaban J connectivity index is 2.78. The van der Waals surface area contributed by atoms with Gasteiger partial charge in [0, 0.05) is 18.2 Å². The van der Waals surface area contributed by atoms with Crippen LogP contribution >= 0.6 is 0 Å². The molecule has 0 aliphatic carbocycles. The lowest BCUT2D eigenvalue weighted by Gasteiger charge is -2.38. The van der Waals surface area contributed by atoms with Gasteiger partial charge in [-0.25, -0.2) is 0 Å². The molecule has 3 heteroatoms. The fourth-order valence-electron chi connectivity index (χ4n) is 3.06. The van der Waals surface area contributed by atoms with Crippen molar-refractivity contribution in [1.82, 2.24) is 15.0 Å². The Morgan fingerprint density at radius 1 is 1.14 bits per heavy atom. The zero-order valence-electron chi connectivity index (χ0n) is 15.4. The number of hydrogen-bond donors (Lipinski definition) is 0. The first-order chi connectivity index (χ1) is 9.58. The molecule has 21 heavy (non-hydrogen) atoms. The van der Waals surface area contributed by atoms with Gasteiger partial charge in [0.1, 0.15) is 0 Å². The summed E-state index contributed by atoms with van der Waals surface area (Å²) < 4.78 is 2.01. The van der Waals surface area contributed by atoms with E-state index in [-0.39, 0.29) is 5.41 Å². The van der Waals surface area contributed by atoms with Crippen LogP contribution in [0.4, 0.5) is 0 Å². The smallest absolute Gasteiger partial charge is 0.0883 e. The van der Waals surface area contributed by atoms with Gasteiger partial charge in [0.15, 0.2) is 0 Å². The molecule has 1 heterocycles. The highest BCUT2D eigenvalue weighted by Gasteiger charge is 2.35. The molecule has 0 N–H and O–H groups in total. The van der Waals surface area contributed by atoms with Crippen LogP contribution in [0.1, 0.15) is 80.3 Å². The van der Waals surface area contributed by atoms with E-state index >= 15 is 0 Å². The number of rotatable bonds is 8. The third-order valence-electron chi connectivity index (χ3n) is 5.01. The Kier molecular flexibility index (Phi) is 6.01. The van der Waals surface area contributed by atoms with Crippen molar-refractivity contribution in [2.24, 2.45) is 17.3 Å². The summed E-state index contributed by atoms with van der Waals surface area (Å²) in [5, 5.41) is 8.76. The van der Waals surface area contributed by atoms with Gasteiger partial charge in [-0.2, -0.15) is 0 Å². The van der Waals surface area contributed by atoms with Crippen molar-refractivity contribution in [3.05, 3.63) is 11.9 Å². The molecule has 1 rings (SSSR count). The minimum Gasteiger partial charge on any atom is -0.252 e. The maximum atomic E-state index is 4.45. The lowest BCUT2D eigenvalue weighted by atomic mass is 9.67. The summed E-state index contributed by atoms with van der Waals surface area (Å²) in [6, 6.07) is 0. The summed E-state index contributed by atoms with van der Waals surface area (Å²) in [6.45, 7) is 19.5. The number of aryl methyl sites for hydroxylation is 1. The molecule has 122 valence electrons. The maximum absolute atomic E-state index is 4.45. The van der Waals surface area contributed by atoms with Crippen molar-refractivity contribution in [2.75, 3.05) is 0 Å². The molecule has 1 aromatic rings. The van der Waals surface area contributed by atoms with E-state index in [4.69, 9.17) is 0 Å². The van der Waals surface area contributed by atoms with Crippen molar-refractivity contribution < 1.29 is 0 Å². The molecule has 0 spiro atoms. The van der Waals surface area contributed by atoms with Crippen LogP contribution in [-0.2, 0) is 12.0 Å². The van der Waals surface area contributed by atoms with Crippen LogP contribution in [0, 0.1) is 17.3 Å². The van der Waals surface area contributed by atoms with E-state index < -0.39 is 0 Å². The molecule has 0 radical (unpaired) electrons. The van der Waals surface area contributed by atoms with Crippen LogP contribution in [0.5, 0.6) is 0 Å². The van der Waals surface area contributed by atoms with E-state index in [0.717, 1.165) is 25.1 Å². The summed E-state index contributed by atoms with van der Waals surface area (Å²) in [5.74, 6) is 1.42. The Hall–Kier alpha value is -0.860. The van der Waals surface area contributed by atoms with Crippen LogP contribution in [0.25, 0.3) is 0 Å². The Labute approximate surface area is 131 Å². The summed E-state index contributed by atoms with van der Waals surface area (Å²) in [5.41, 5.74) is 1.52. The van der Waals surface area contributed by atoms with E-state index in [1.165, 1.54) is 6.42 Å². The highest BCUT2D eigenvalue weighted by molar-refractivity contribution is 5.10. The normalized spacial score (nSPS) is 14.7. The van der Waals surface area contributed by atoms with Gasteiger partial charge in [-0.1, -0.05) is 67.0 Å². The Morgan fingerprint density at radius 3 is 2.29 bits per heavy atom. The molecule has 0 saturated carbocycles. The molecular weight excluding hydrogens is 258 g/mol. The standard InChI is InChI=1S/C18H35N3/c1-9-15(4)17(5,6)13-18(7,8)16-12-21(20-19-16)11-10-14(2)3/h12,14-15H,9-11,13H2,1-8H3. The average Bonchev–Trinajstić information content (AvgIpc) is 2.83. The van der Waals surface area contributed by atoms with E-state index in [0.29, 0.717) is 17.3 Å². The fraction of sp³-hybridized carbons (Fsp3) is 0.889. The molecule has 0 fully saturated rings. The van der Waals surface area contributed by atoms with Crippen molar-refractivity contribution in [3.63, 3.8) is 0 Å². The van der Waals surface area contributed by atoms with Gasteiger partial charge >= 0.3 is 0 Å². The van der Waals surface area contributed by atoms with E-state index in [2.05, 4.69) is 71.9 Å². The predicted octanol–water partition coefficient (Wildman–Crippen LogP) is 5.06. The topological polar surface area (TPSA) is 30.7 Å². The van der Waals surface area contributed by atoms with Crippen LogP contribution in [0.15, 0.2) is 6.20 Å². The lowest BCUT2D eigenvalue weighted by molar-refractivity contribution is 0.162. The molecular formula is C18H35N3. The summed E-state index contributed by atoms with van der Waals surface area (Å²) in [6.07, 6.45) is 5.67. The summed E-state index contributed by atoms with van der Waals surface area (Å²) in [7, 11) is 0. The quantitative estimate of drug-likeness (QED) is 0.670. The lowest BCUT2D eigenvalue weighted by Crippen LogP contribution is -2.31. The largest absolute Gasteiger partial charge is 0.252 e. The molecule has 3 nitrogen and oxygen atoms in total. The monoisotopic (exact) mass is 293 g/mol. The Morgan fingerprint density at radius 2 is 1.76 bits per heavy atom. The van der Waals surface area contributed by atoms with Gasteiger partial charge in [0.25, 0.3) is 0 Å². The molecule has 1 unspecified atom stereocenters. The molecule has 0 aliphatic heterocycles. The highest BCUT2D eigenvalue weighted by Crippen LogP contribution is 2.41. The van der Waals surface area contributed by atoms with E-state index in [9.17, 15) is 0 Å².